The first-order valence-corrected chi connectivity index (χ1v) is 6.28. The average molecular weight is 226 g/mol. The van der Waals surface area contributed by atoms with Gasteiger partial charge >= 0.3 is 0 Å². The molecule has 1 amide bonds. The molecule has 0 spiro atoms. The van der Waals surface area contributed by atoms with E-state index in [1.165, 1.54) is 32.1 Å². The Balaban J connectivity index is 1.94. The Kier molecular flexibility index (Phi) is 5.90. The summed E-state index contributed by atoms with van der Waals surface area (Å²) in [4.78, 5) is 14.7. The number of aliphatic imine (C=N–C) groups is 1. The molecule has 0 fully saturated rings. The Morgan fingerprint density at radius 3 is 2.38 bits per heavy atom. The van der Waals surface area contributed by atoms with E-state index in [1.54, 1.807) is 0 Å². The summed E-state index contributed by atoms with van der Waals surface area (Å²) in [5, 5.41) is 0. The summed E-state index contributed by atoms with van der Waals surface area (Å²) in [5.74, 6) is -0.219. The van der Waals surface area contributed by atoms with Gasteiger partial charge in [-0.3, -0.25) is 4.79 Å². The monoisotopic (exact) mass is 226 g/mol. The molecule has 4 nitrogen and oxygen atoms in total. The van der Waals surface area contributed by atoms with Crippen LogP contribution in [0.3, 0.4) is 0 Å². The number of ether oxygens (including phenoxy) is 1. The van der Waals surface area contributed by atoms with E-state index in [1.807, 2.05) is 0 Å². The Bertz CT molecular complexity index is 251. The molecule has 0 aromatic rings. The fourth-order valence-corrected chi connectivity index (χ4v) is 1.87. The lowest BCUT2D eigenvalue weighted by molar-refractivity contribution is -0.122. The SMILES string of the molecule is CCCCCCCCCC1OC(N)=NC1=O. The second-order valence-corrected chi connectivity index (χ2v) is 4.30. The number of hydrogen-bond acceptors (Lipinski definition) is 3. The highest BCUT2D eigenvalue weighted by molar-refractivity contribution is 5.97. The van der Waals surface area contributed by atoms with E-state index in [2.05, 4.69) is 11.9 Å². The molecule has 1 rings (SSSR count). The zero-order valence-corrected chi connectivity index (χ0v) is 10.1. The smallest absolute Gasteiger partial charge is 0.291 e. The van der Waals surface area contributed by atoms with Crippen molar-refractivity contribution in [1.29, 1.82) is 0 Å². The van der Waals surface area contributed by atoms with Gasteiger partial charge in [-0.25, -0.2) is 0 Å². The summed E-state index contributed by atoms with van der Waals surface area (Å²) in [5.41, 5.74) is 5.31. The summed E-state index contributed by atoms with van der Waals surface area (Å²) < 4.78 is 5.10. The van der Waals surface area contributed by atoms with Gasteiger partial charge in [0.1, 0.15) is 0 Å². The van der Waals surface area contributed by atoms with E-state index in [-0.39, 0.29) is 11.9 Å². The molecule has 92 valence electrons. The van der Waals surface area contributed by atoms with Crippen LogP contribution in [-0.4, -0.2) is 18.0 Å². The van der Waals surface area contributed by atoms with Crippen molar-refractivity contribution in [2.45, 2.75) is 64.4 Å². The fraction of sp³-hybridized carbons (Fsp3) is 0.833. The first-order chi connectivity index (χ1) is 7.74. The van der Waals surface area contributed by atoms with E-state index in [9.17, 15) is 4.79 Å². The first kappa shape index (κ1) is 13.0. The third-order valence-corrected chi connectivity index (χ3v) is 2.83. The molecule has 0 bridgehead atoms. The van der Waals surface area contributed by atoms with Crippen LogP contribution in [0.25, 0.3) is 0 Å². The van der Waals surface area contributed by atoms with Gasteiger partial charge in [0, 0.05) is 0 Å². The summed E-state index contributed by atoms with van der Waals surface area (Å²) in [7, 11) is 0. The van der Waals surface area contributed by atoms with Gasteiger partial charge in [-0.2, -0.15) is 4.99 Å². The van der Waals surface area contributed by atoms with E-state index in [0.29, 0.717) is 0 Å². The molecule has 16 heavy (non-hydrogen) atoms. The maximum atomic E-state index is 11.2. The van der Waals surface area contributed by atoms with E-state index in [4.69, 9.17) is 10.5 Å². The lowest BCUT2D eigenvalue weighted by Gasteiger charge is -2.07. The molecule has 1 atom stereocenters. The Hall–Kier alpha value is -1.06. The largest absolute Gasteiger partial charge is 0.452 e. The van der Waals surface area contributed by atoms with Crippen molar-refractivity contribution < 1.29 is 9.53 Å². The van der Waals surface area contributed by atoms with Crippen molar-refractivity contribution in [3.8, 4) is 0 Å². The minimum absolute atomic E-state index is 0.0259. The van der Waals surface area contributed by atoms with Gasteiger partial charge in [0.2, 0.25) is 0 Å². The molecule has 1 heterocycles. The van der Waals surface area contributed by atoms with Gasteiger partial charge in [-0.05, 0) is 12.8 Å². The van der Waals surface area contributed by atoms with Gasteiger partial charge in [0.25, 0.3) is 11.9 Å². The van der Waals surface area contributed by atoms with Crippen LogP contribution in [0.5, 0.6) is 0 Å². The first-order valence-electron chi connectivity index (χ1n) is 6.28. The van der Waals surface area contributed by atoms with Crippen LogP contribution in [-0.2, 0) is 9.53 Å². The molecule has 0 saturated carbocycles. The standard InChI is InChI=1S/C12H22N2O2/c1-2-3-4-5-6-7-8-9-10-11(15)14-12(13)16-10/h10H,2-9H2,1H3,(H2,13,14,15). The second-order valence-electron chi connectivity index (χ2n) is 4.30. The maximum Gasteiger partial charge on any atom is 0.291 e. The molecule has 0 aromatic carbocycles. The lowest BCUT2D eigenvalue weighted by atomic mass is 10.1. The fourth-order valence-electron chi connectivity index (χ4n) is 1.87. The predicted molar refractivity (Wildman–Crippen MR) is 64.1 cm³/mol. The second kappa shape index (κ2) is 7.25. The van der Waals surface area contributed by atoms with Crippen LogP contribution in [0.2, 0.25) is 0 Å². The number of unbranched alkanes of at least 4 members (excludes halogenated alkanes) is 6. The van der Waals surface area contributed by atoms with E-state index >= 15 is 0 Å². The third kappa shape index (κ3) is 4.64. The number of carbonyl (C=O) groups excluding carboxylic acids is 1. The molecule has 4 heteroatoms. The molecule has 0 aromatic heterocycles. The highest BCUT2D eigenvalue weighted by Gasteiger charge is 2.26. The molecular weight excluding hydrogens is 204 g/mol. The highest BCUT2D eigenvalue weighted by atomic mass is 16.5. The van der Waals surface area contributed by atoms with Crippen molar-refractivity contribution in [2.24, 2.45) is 10.7 Å². The number of amides is 1. The molecule has 1 unspecified atom stereocenters. The zero-order chi connectivity index (χ0) is 11.8. The molecule has 0 aliphatic carbocycles. The van der Waals surface area contributed by atoms with Crippen molar-refractivity contribution >= 4 is 11.9 Å². The van der Waals surface area contributed by atoms with Crippen LogP contribution in [0, 0.1) is 0 Å². The average Bonchev–Trinajstić information content (AvgIpc) is 2.56. The Labute approximate surface area is 97.3 Å². The van der Waals surface area contributed by atoms with Crippen LogP contribution in [0.1, 0.15) is 58.3 Å². The molecule has 2 N–H and O–H groups in total. The van der Waals surface area contributed by atoms with Gasteiger partial charge in [-0.1, -0.05) is 45.4 Å². The minimum Gasteiger partial charge on any atom is -0.452 e. The summed E-state index contributed by atoms with van der Waals surface area (Å²) >= 11 is 0. The van der Waals surface area contributed by atoms with E-state index in [0.717, 1.165) is 19.3 Å². The zero-order valence-electron chi connectivity index (χ0n) is 10.1. The summed E-state index contributed by atoms with van der Waals surface area (Å²) in [6, 6.07) is 0.0259. The Morgan fingerprint density at radius 1 is 1.19 bits per heavy atom. The van der Waals surface area contributed by atoms with Crippen LogP contribution >= 0.6 is 0 Å². The number of hydrogen-bond donors (Lipinski definition) is 1. The van der Waals surface area contributed by atoms with Gasteiger partial charge in [-0.15, -0.1) is 0 Å². The van der Waals surface area contributed by atoms with Crippen molar-refractivity contribution in [3.63, 3.8) is 0 Å². The number of amidine groups is 1. The number of nitrogens with two attached hydrogens (primary N) is 1. The third-order valence-electron chi connectivity index (χ3n) is 2.83. The van der Waals surface area contributed by atoms with Crippen molar-refractivity contribution in [1.82, 2.24) is 0 Å². The molecule has 0 saturated heterocycles. The van der Waals surface area contributed by atoms with Gasteiger partial charge in [0.15, 0.2) is 6.10 Å². The quantitative estimate of drug-likeness (QED) is 0.646. The Morgan fingerprint density at radius 2 is 1.81 bits per heavy atom. The van der Waals surface area contributed by atoms with Gasteiger partial charge < -0.3 is 10.5 Å². The van der Waals surface area contributed by atoms with E-state index < -0.39 is 6.10 Å². The number of nitrogens with zero attached hydrogens (tertiary/aromatic N) is 1. The van der Waals surface area contributed by atoms with Crippen LogP contribution in [0.15, 0.2) is 4.99 Å². The topological polar surface area (TPSA) is 64.7 Å². The molecular formula is C12H22N2O2. The molecule has 1 aliphatic heterocycles. The maximum absolute atomic E-state index is 11.2. The van der Waals surface area contributed by atoms with Crippen LogP contribution in [0.4, 0.5) is 0 Å². The van der Waals surface area contributed by atoms with Gasteiger partial charge in [0.05, 0.1) is 0 Å². The van der Waals surface area contributed by atoms with Crippen molar-refractivity contribution in [3.05, 3.63) is 0 Å². The summed E-state index contributed by atoms with van der Waals surface area (Å²) in [6.07, 6.45) is 9.00. The number of carbonyl (C=O) groups is 1. The number of rotatable bonds is 8. The van der Waals surface area contributed by atoms with Crippen molar-refractivity contribution in [2.75, 3.05) is 0 Å². The normalized spacial score (nSPS) is 19.7. The lowest BCUT2D eigenvalue weighted by Crippen LogP contribution is -2.20. The molecule has 0 radical (unpaired) electrons. The summed E-state index contributed by atoms with van der Waals surface area (Å²) in [6.45, 7) is 2.22. The predicted octanol–water partition coefficient (Wildman–Crippen LogP) is 2.37. The molecule has 1 aliphatic rings. The minimum atomic E-state index is -0.407. The highest BCUT2D eigenvalue weighted by Crippen LogP contribution is 2.14. The van der Waals surface area contributed by atoms with Crippen LogP contribution < -0.4 is 5.73 Å².